The van der Waals surface area contributed by atoms with Crippen molar-refractivity contribution in [2.24, 2.45) is 5.92 Å². The Hall–Kier alpha value is -2.63. The second-order valence-corrected chi connectivity index (χ2v) is 6.92. The van der Waals surface area contributed by atoms with Crippen molar-refractivity contribution in [3.8, 4) is 5.75 Å². The Kier molecular flexibility index (Phi) is 5.94. The summed E-state index contributed by atoms with van der Waals surface area (Å²) in [6, 6.07) is 5.68. The lowest BCUT2D eigenvalue weighted by Gasteiger charge is -2.25. The van der Waals surface area contributed by atoms with E-state index < -0.39 is 0 Å². The van der Waals surface area contributed by atoms with Gasteiger partial charge >= 0.3 is 0 Å². The quantitative estimate of drug-likeness (QED) is 0.847. The maximum absolute atomic E-state index is 12.8. The van der Waals surface area contributed by atoms with Crippen molar-refractivity contribution in [2.45, 2.75) is 40.0 Å². The van der Waals surface area contributed by atoms with Crippen molar-refractivity contribution in [1.29, 1.82) is 0 Å². The third-order valence-electron chi connectivity index (χ3n) is 5.25. The summed E-state index contributed by atoms with van der Waals surface area (Å²) >= 11 is 0. The van der Waals surface area contributed by atoms with Crippen LogP contribution in [0.15, 0.2) is 24.4 Å². The highest BCUT2D eigenvalue weighted by atomic mass is 16.5. The first-order valence-electron chi connectivity index (χ1n) is 9.60. The Labute approximate surface area is 161 Å². The number of rotatable bonds is 6. The molecule has 1 aromatic carbocycles. The minimum absolute atomic E-state index is 0.0538. The van der Waals surface area contributed by atoms with Crippen LogP contribution < -0.4 is 15.0 Å². The van der Waals surface area contributed by atoms with Gasteiger partial charge in [-0.3, -0.25) is 4.79 Å². The van der Waals surface area contributed by atoms with Crippen LogP contribution in [-0.4, -0.2) is 36.1 Å². The number of anilines is 2. The largest absolute Gasteiger partial charge is 0.497 e. The Bertz CT molecular complexity index is 818. The van der Waals surface area contributed by atoms with E-state index in [0.717, 1.165) is 60.1 Å². The molecule has 0 fully saturated rings. The molecule has 2 aromatic rings. The first-order chi connectivity index (χ1) is 13.0. The SMILES string of the molecule is CCN(CC)c1ncc2c(n1)CC[C@@H](C(=O)Nc1ccc(OC)cc1C)C2. The van der Waals surface area contributed by atoms with Crippen LogP contribution >= 0.6 is 0 Å². The average Bonchev–Trinajstić information content (AvgIpc) is 2.69. The molecule has 144 valence electrons. The first kappa shape index (κ1) is 19.1. The lowest BCUT2D eigenvalue weighted by atomic mass is 9.86. The maximum atomic E-state index is 12.8. The van der Waals surface area contributed by atoms with Crippen LogP contribution in [0.25, 0.3) is 0 Å². The summed E-state index contributed by atoms with van der Waals surface area (Å²) in [5.41, 5.74) is 3.99. The summed E-state index contributed by atoms with van der Waals surface area (Å²) in [7, 11) is 1.64. The number of nitrogens with one attached hydrogen (secondary N) is 1. The van der Waals surface area contributed by atoms with Crippen molar-refractivity contribution in [1.82, 2.24) is 9.97 Å². The van der Waals surface area contributed by atoms with Gasteiger partial charge in [0.2, 0.25) is 11.9 Å². The minimum Gasteiger partial charge on any atom is -0.497 e. The van der Waals surface area contributed by atoms with E-state index in [2.05, 4.69) is 29.0 Å². The van der Waals surface area contributed by atoms with Crippen molar-refractivity contribution in [3.63, 3.8) is 0 Å². The summed E-state index contributed by atoms with van der Waals surface area (Å²) in [4.78, 5) is 24.2. The molecule has 0 aliphatic heterocycles. The van der Waals surface area contributed by atoms with Crippen LogP contribution in [0.2, 0.25) is 0 Å². The lowest BCUT2D eigenvalue weighted by Crippen LogP contribution is -2.30. The molecule has 0 spiro atoms. The van der Waals surface area contributed by atoms with E-state index in [4.69, 9.17) is 9.72 Å². The van der Waals surface area contributed by atoms with Crippen LogP contribution in [0, 0.1) is 12.8 Å². The molecule has 1 atom stereocenters. The number of nitrogens with zero attached hydrogens (tertiary/aromatic N) is 3. The molecule has 6 nitrogen and oxygen atoms in total. The van der Waals surface area contributed by atoms with E-state index in [0.29, 0.717) is 6.42 Å². The summed E-state index contributed by atoms with van der Waals surface area (Å²) in [5.74, 6) is 1.58. The number of hydrogen-bond acceptors (Lipinski definition) is 5. The van der Waals surface area contributed by atoms with Crippen LogP contribution in [0.1, 0.15) is 37.1 Å². The van der Waals surface area contributed by atoms with Crippen molar-refractivity contribution in [2.75, 3.05) is 30.4 Å². The van der Waals surface area contributed by atoms with Gasteiger partial charge in [-0.2, -0.15) is 0 Å². The van der Waals surface area contributed by atoms with Gasteiger partial charge in [0.25, 0.3) is 0 Å². The standard InChI is InChI=1S/C21H28N4O2/c1-5-25(6-2)21-22-13-16-12-15(7-9-19(16)24-21)20(26)23-18-10-8-17(27-4)11-14(18)3/h8,10-11,13,15H,5-7,9,12H2,1-4H3,(H,23,26)/t15-/m1/s1. The Morgan fingerprint density at radius 2 is 2.11 bits per heavy atom. The average molecular weight is 368 g/mol. The predicted octanol–water partition coefficient (Wildman–Crippen LogP) is 3.38. The third-order valence-corrected chi connectivity index (χ3v) is 5.25. The fourth-order valence-corrected chi connectivity index (χ4v) is 3.52. The molecule has 1 aromatic heterocycles. The van der Waals surface area contributed by atoms with Crippen LogP contribution in [0.4, 0.5) is 11.6 Å². The van der Waals surface area contributed by atoms with Gasteiger partial charge in [-0.15, -0.1) is 0 Å². The fraction of sp³-hybridized carbons (Fsp3) is 0.476. The Morgan fingerprint density at radius 1 is 1.33 bits per heavy atom. The number of hydrogen-bond donors (Lipinski definition) is 1. The molecule has 1 aliphatic rings. The summed E-state index contributed by atoms with van der Waals surface area (Å²) in [6.45, 7) is 7.96. The molecule has 0 unspecified atom stereocenters. The highest BCUT2D eigenvalue weighted by molar-refractivity contribution is 5.93. The molecular weight excluding hydrogens is 340 g/mol. The van der Waals surface area contributed by atoms with Crippen LogP contribution in [0.5, 0.6) is 5.75 Å². The minimum atomic E-state index is -0.0538. The molecule has 3 rings (SSSR count). The van der Waals surface area contributed by atoms with E-state index in [1.54, 1.807) is 7.11 Å². The van der Waals surface area contributed by atoms with Gasteiger partial charge in [0.15, 0.2) is 0 Å². The molecule has 0 bridgehead atoms. The number of amides is 1. The lowest BCUT2D eigenvalue weighted by molar-refractivity contribution is -0.120. The molecule has 1 amide bonds. The molecule has 0 radical (unpaired) electrons. The van der Waals surface area contributed by atoms with E-state index >= 15 is 0 Å². The van der Waals surface area contributed by atoms with Gasteiger partial charge < -0.3 is 15.0 Å². The van der Waals surface area contributed by atoms with Crippen LogP contribution in [-0.2, 0) is 17.6 Å². The van der Waals surface area contributed by atoms with E-state index in [-0.39, 0.29) is 11.8 Å². The van der Waals surface area contributed by atoms with Gasteiger partial charge in [-0.05, 0) is 69.4 Å². The van der Waals surface area contributed by atoms with Gasteiger partial charge in [0, 0.05) is 36.6 Å². The number of ether oxygens (including phenoxy) is 1. The smallest absolute Gasteiger partial charge is 0.227 e. The molecule has 6 heteroatoms. The summed E-state index contributed by atoms with van der Waals surface area (Å²) in [6.07, 6.45) is 4.21. The normalized spacial score (nSPS) is 15.8. The second kappa shape index (κ2) is 8.37. The zero-order chi connectivity index (χ0) is 19.4. The molecule has 1 aliphatic carbocycles. The number of aryl methyl sites for hydroxylation is 2. The number of carbonyl (C=O) groups excluding carboxylic acids is 1. The van der Waals surface area contributed by atoms with E-state index in [1.807, 2.05) is 31.3 Å². The van der Waals surface area contributed by atoms with Gasteiger partial charge in [-0.25, -0.2) is 9.97 Å². The third kappa shape index (κ3) is 4.21. The molecule has 1 heterocycles. The Balaban J connectivity index is 1.69. The van der Waals surface area contributed by atoms with Gasteiger partial charge in [0.1, 0.15) is 5.75 Å². The van der Waals surface area contributed by atoms with Gasteiger partial charge in [-0.1, -0.05) is 0 Å². The molecule has 0 saturated carbocycles. The zero-order valence-electron chi connectivity index (χ0n) is 16.6. The van der Waals surface area contributed by atoms with Crippen LogP contribution in [0.3, 0.4) is 0 Å². The summed E-state index contributed by atoms with van der Waals surface area (Å²) in [5, 5.41) is 3.07. The highest BCUT2D eigenvalue weighted by Crippen LogP contribution is 2.27. The number of carbonyl (C=O) groups is 1. The zero-order valence-corrected chi connectivity index (χ0v) is 16.6. The van der Waals surface area contributed by atoms with Gasteiger partial charge in [0.05, 0.1) is 7.11 Å². The number of fused-ring (bicyclic) bond motifs is 1. The first-order valence-corrected chi connectivity index (χ1v) is 9.60. The topological polar surface area (TPSA) is 67.4 Å². The molecule has 0 saturated heterocycles. The number of benzene rings is 1. The monoisotopic (exact) mass is 368 g/mol. The van der Waals surface area contributed by atoms with E-state index in [1.165, 1.54) is 0 Å². The maximum Gasteiger partial charge on any atom is 0.227 e. The highest BCUT2D eigenvalue weighted by Gasteiger charge is 2.26. The summed E-state index contributed by atoms with van der Waals surface area (Å²) < 4.78 is 5.22. The van der Waals surface area contributed by atoms with Crippen molar-refractivity contribution >= 4 is 17.5 Å². The number of aromatic nitrogens is 2. The van der Waals surface area contributed by atoms with Crippen molar-refractivity contribution in [3.05, 3.63) is 41.2 Å². The van der Waals surface area contributed by atoms with E-state index in [9.17, 15) is 4.79 Å². The Morgan fingerprint density at radius 3 is 2.78 bits per heavy atom. The molecular formula is C21H28N4O2. The molecule has 27 heavy (non-hydrogen) atoms. The fourth-order valence-electron chi connectivity index (χ4n) is 3.52. The second-order valence-electron chi connectivity index (χ2n) is 6.92. The predicted molar refractivity (Wildman–Crippen MR) is 107 cm³/mol. The number of methoxy groups -OCH3 is 1. The molecule has 1 N–H and O–H groups in total. The van der Waals surface area contributed by atoms with Crippen molar-refractivity contribution < 1.29 is 9.53 Å².